The molecule has 0 aromatic heterocycles. The van der Waals surface area contributed by atoms with Crippen LogP contribution < -0.4 is 9.46 Å². The summed E-state index contributed by atoms with van der Waals surface area (Å²) in [5.74, 6) is 0.284. The number of benzene rings is 2. The van der Waals surface area contributed by atoms with Crippen molar-refractivity contribution in [1.82, 2.24) is 4.72 Å². The van der Waals surface area contributed by atoms with Crippen LogP contribution in [0.2, 0.25) is 0 Å². The number of aryl methyl sites for hydroxylation is 1. The smallest absolute Gasteiger partial charge is 0.241 e. The molecular formula is C16H18FNO3S. The summed E-state index contributed by atoms with van der Waals surface area (Å²) in [5, 5.41) is 0. The highest BCUT2D eigenvalue weighted by Gasteiger charge is 2.16. The summed E-state index contributed by atoms with van der Waals surface area (Å²) in [7, 11) is -3.67. The Bertz CT molecular complexity index is 742. The summed E-state index contributed by atoms with van der Waals surface area (Å²) in [5.41, 5.74) is 1.19. The average Bonchev–Trinajstić information content (AvgIpc) is 2.46. The molecule has 0 saturated carbocycles. The third-order valence-electron chi connectivity index (χ3n) is 3.13. The van der Waals surface area contributed by atoms with E-state index in [-0.39, 0.29) is 11.4 Å². The zero-order chi connectivity index (χ0) is 16.2. The fourth-order valence-corrected chi connectivity index (χ4v) is 3.28. The Kier molecular flexibility index (Phi) is 5.15. The lowest BCUT2D eigenvalue weighted by molar-refractivity contribution is 0.340. The van der Waals surface area contributed by atoms with Gasteiger partial charge in [-0.05, 0) is 55.3 Å². The largest absolute Gasteiger partial charge is 0.494 e. The zero-order valence-corrected chi connectivity index (χ0v) is 13.3. The maximum atomic E-state index is 13.1. The number of sulfonamides is 1. The first-order chi connectivity index (χ1) is 10.4. The Morgan fingerprint density at radius 2 is 1.82 bits per heavy atom. The lowest BCUT2D eigenvalue weighted by atomic mass is 10.2. The molecule has 0 saturated heterocycles. The van der Waals surface area contributed by atoms with Crippen molar-refractivity contribution in [3.05, 3.63) is 59.4 Å². The fraction of sp³-hybridized carbons (Fsp3) is 0.250. The maximum absolute atomic E-state index is 13.1. The quantitative estimate of drug-likeness (QED) is 0.889. The van der Waals surface area contributed by atoms with Crippen LogP contribution >= 0.6 is 0 Å². The van der Waals surface area contributed by atoms with E-state index < -0.39 is 15.8 Å². The van der Waals surface area contributed by atoms with Crippen LogP contribution in [0.1, 0.15) is 18.1 Å². The van der Waals surface area contributed by atoms with E-state index in [4.69, 9.17) is 4.74 Å². The van der Waals surface area contributed by atoms with E-state index in [1.807, 2.05) is 6.92 Å². The highest BCUT2D eigenvalue weighted by atomic mass is 32.2. The van der Waals surface area contributed by atoms with E-state index in [1.165, 1.54) is 12.1 Å². The molecule has 2 aromatic carbocycles. The summed E-state index contributed by atoms with van der Waals surface area (Å²) >= 11 is 0. The van der Waals surface area contributed by atoms with Crippen LogP contribution in [-0.2, 0) is 16.6 Å². The minimum Gasteiger partial charge on any atom is -0.494 e. The summed E-state index contributed by atoms with van der Waals surface area (Å²) < 4.78 is 45.4. The van der Waals surface area contributed by atoms with Crippen LogP contribution in [0.15, 0.2) is 47.4 Å². The first kappa shape index (κ1) is 16.5. The second kappa shape index (κ2) is 6.89. The lowest BCUT2D eigenvalue weighted by Crippen LogP contribution is -2.24. The molecule has 1 N–H and O–H groups in total. The molecule has 0 fully saturated rings. The van der Waals surface area contributed by atoms with E-state index in [1.54, 1.807) is 31.2 Å². The molecule has 0 heterocycles. The minimum atomic E-state index is -3.67. The molecule has 0 aliphatic carbocycles. The molecule has 4 nitrogen and oxygen atoms in total. The summed E-state index contributed by atoms with van der Waals surface area (Å²) in [6.45, 7) is 4.20. The Balaban J connectivity index is 2.09. The van der Waals surface area contributed by atoms with Gasteiger partial charge in [-0.15, -0.1) is 0 Å². The van der Waals surface area contributed by atoms with Gasteiger partial charge in [0.25, 0.3) is 0 Å². The number of hydrogen-bond donors (Lipinski definition) is 1. The Morgan fingerprint density at radius 3 is 2.41 bits per heavy atom. The van der Waals surface area contributed by atoms with Crippen molar-refractivity contribution in [1.29, 1.82) is 0 Å². The molecule has 0 aliphatic rings. The van der Waals surface area contributed by atoms with Crippen molar-refractivity contribution in [2.24, 2.45) is 0 Å². The van der Waals surface area contributed by atoms with Crippen LogP contribution in [0, 0.1) is 12.7 Å². The minimum absolute atomic E-state index is 0.0832. The molecule has 0 atom stereocenters. The number of ether oxygens (including phenoxy) is 1. The van der Waals surface area contributed by atoms with Crippen LogP contribution in [0.3, 0.4) is 0 Å². The second-order valence-corrected chi connectivity index (χ2v) is 6.55. The van der Waals surface area contributed by atoms with Gasteiger partial charge in [-0.3, -0.25) is 0 Å². The van der Waals surface area contributed by atoms with Crippen molar-refractivity contribution >= 4 is 10.0 Å². The summed E-state index contributed by atoms with van der Waals surface area (Å²) in [4.78, 5) is 0.0832. The molecule has 0 amide bonds. The van der Waals surface area contributed by atoms with Crippen molar-refractivity contribution < 1.29 is 17.5 Å². The van der Waals surface area contributed by atoms with Gasteiger partial charge >= 0.3 is 0 Å². The molecule has 2 aromatic rings. The van der Waals surface area contributed by atoms with Crippen molar-refractivity contribution in [3.8, 4) is 5.75 Å². The second-order valence-electron chi connectivity index (χ2n) is 4.81. The molecular weight excluding hydrogens is 305 g/mol. The monoisotopic (exact) mass is 323 g/mol. The lowest BCUT2D eigenvalue weighted by Gasteiger charge is -2.10. The van der Waals surface area contributed by atoms with Crippen LogP contribution in [0.25, 0.3) is 0 Å². The molecule has 118 valence electrons. The van der Waals surface area contributed by atoms with E-state index in [9.17, 15) is 12.8 Å². The van der Waals surface area contributed by atoms with Gasteiger partial charge in [-0.2, -0.15) is 0 Å². The van der Waals surface area contributed by atoms with Gasteiger partial charge in [0.15, 0.2) is 0 Å². The third kappa shape index (κ3) is 4.05. The topological polar surface area (TPSA) is 55.4 Å². The van der Waals surface area contributed by atoms with Crippen LogP contribution in [0.5, 0.6) is 5.75 Å². The molecule has 22 heavy (non-hydrogen) atoms. The summed E-state index contributed by atoms with van der Waals surface area (Å²) in [6, 6.07) is 10.8. The van der Waals surface area contributed by atoms with Crippen molar-refractivity contribution in [2.45, 2.75) is 25.3 Å². The molecule has 0 radical (unpaired) electrons. The van der Waals surface area contributed by atoms with Crippen LogP contribution in [-0.4, -0.2) is 15.0 Å². The van der Waals surface area contributed by atoms with E-state index >= 15 is 0 Å². The molecule has 0 unspecified atom stereocenters. The molecule has 2 rings (SSSR count). The van der Waals surface area contributed by atoms with Gasteiger partial charge in [0.1, 0.15) is 11.6 Å². The first-order valence-electron chi connectivity index (χ1n) is 6.90. The molecule has 0 aliphatic heterocycles. The Morgan fingerprint density at radius 1 is 1.14 bits per heavy atom. The number of halogens is 1. The maximum Gasteiger partial charge on any atom is 0.241 e. The fourth-order valence-electron chi connectivity index (χ4n) is 2.04. The predicted molar refractivity (Wildman–Crippen MR) is 82.8 cm³/mol. The standard InChI is InChI=1S/C16H18FNO3S/c1-3-21-15-7-4-13(5-8-15)11-18-22(19,20)16-9-6-14(17)10-12(16)2/h4-10,18H,3,11H2,1-2H3. The highest BCUT2D eigenvalue weighted by Crippen LogP contribution is 2.17. The number of rotatable bonds is 6. The molecule has 0 bridgehead atoms. The Labute approximate surface area is 130 Å². The zero-order valence-electron chi connectivity index (χ0n) is 12.5. The van der Waals surface area contributed by atoms with Gasteiger partial charge in [-0.1, -0.05) is 12.1 Å². The van der Waals surface area contributed by atoms with E-state index in [0.717, 1.165) is 17.4 Å². The third-order valence-corrected chi connectivity index (χ3v) is 4.69. The van der Waals surface area contributed by atoms with Gasteiger partial charge < -0.3 is 4.74 Å². The van der Waals surface area contributed by atoms with Crippen molar-refractivity contribution in [3.63, 3.8) is 0 Å². The highest BCUT2D eigenvalue weighted by molar-refractivity contribution is 7.89. The Hall–Kier alpha value is -1.92. The number of nitrogens with one attached hydrogen (secondary N) is 1. The predicted octanol–water partition coefficient (Wildman–Crippen LogP) is 3.01. The first-order valence-corrected chi connectivity index (χ1v) is 8.38. The van der Waals surface area contributed by atoms with Crippen molar-refractivity contribution in [2.75, 3.05) is 6.61 Å². The van der Waals surface area contributed by atoms with Gasteiger partial charge in [0, 0.05) is 6.54 Å². The molecule has 0 spiro atoms. The van der Waals surface area contributed by atoms with Gasteiger partial charge in [-0.25, -0.2) is 17.5 Å². The SMILES string of the molecule is CCOc1ccc(CNS(=O)(=O)c2ccc(F)cc2C)cc1. The van der Waals surface area contributed by atoms with E-state index in [2.05, 4.69) is 4.72 Å². The average molecular weight is 323 g/mol. The van der Waals surface area contributed by atoms with Crippen LogP contribution in [0.4, 0.5) is 4.39 Å². The van der Waals surface area contributed by atoms with Gasteiger partial charge in [0.2, 0.25) is 10.0 Å². The summed E-state index contributed by atoms with van der Waals surface area (Å²) in [6.07, 6.45) is 0. The number of hydrogen-bond acceptors (Lipinski definition) is 3. The molecule has 6 heteroatoms. The normalized spacial score (nSPS) is 11.4. The van der Waals surface area contributed by atoms with Gasteiger partial charge in [0.05, 0.1) is 11.5 Å². The van der Waals surface area contributed by atoms with E-state index in [0.29, 0.717) is 12.2 Å².